The molecule has 0 spiro atoms. The van der Waals surface area contributed by atoms with Gasteiger partial charge in [-0.25, -0.2) is 0 Å². The minimum absolute atomic E-state index is 0.409. The second-order valence-corrected chi connectivity index (χ2v) is 3.08. The van der Waals surface area contributed by atoms with Crippen LogP contribution in [0.25, 0.3) is 5.69 Å². The molecule has 15 heavy (non-hydrogen) atoms. The van der Waals surface area contributed by atoms with Crippen LogP contribution in [0.3, 0.4) is 0 Å². The predicted octanol–water partition coefficient (Wildman–Crippen LogP) is -0.256. The van der Waals surface area contributed by atoms with Gasteiger partial charge < -0.3 is 14.9 Å². The summed E-state index contributed by atoms with van der Waals surface area (Å²) in [4.78, 5) is 0. The van der Waals surface area contributed by atoms with Crippen LogP contribution >= 0.6 is 0 Å². The van der Waals surface area contributed by atoms with E-state index in [0.717, 1.165) is 5.69 Å². The van der Waals surface area contributed by atoms with Crippen LogP contribution < -0.4 is 15.1 Å². The molecule has 1 heterocycles. The fourth-order valence-electron chi connectivity index (χ4n) is 1.35. The molecule has 1 aromatic heterocycles. The van der Waals surface area contributed by atoms with E-state index in [2.05, 4.69) is 15.1 Å². The lowest BCUT2D eigenvalue weighted by Crippen LogP contribution is -2.38. The van der Waals surface area contributed by atoms with Gasteiger partial charge >= 0.3 is 0 Å². The molecule has 5 nitrogen and oxygen atoms in total. The molecule has 2 aromatic rings. The molecule has 1 N–H and O–H groups in total. The third kappa shape index (κ3) is 1.82. The average molecular weight is 205 g/mol. The summed E-state index contributed by atoms with van der Waals surface area (Å²) in [6.07, 6.45) is 0. The molecule has 0 fully saturated rings. The fourth-order valence-corrected chi connectivity index (χ4v) is 1.35. The molecule has 78 valence electrons. The number of aromatic nitrogens is 2. The largest absolute Gasteiger partial charge is 0.539 e. The summed E-state index contributed by atoms with van der Waals surface area (Å²) in [6.45, 7) is 0.428. The van der Waals surface area contributed by atoms with Crippen LogP contribution in [0, 0.1) is 0 Å². The molecule has 0 saturated carbocycles. The third-order valence-electron chi connectivity index (χ3n) is 2.04. The number of nitrogens with zero attached hydrogens (tertiary/aromatic N) is 2. The average Bonchev–Trinajstić information content (AvgIpc) is 2.63. The van der Waals surface area contributed by atoms with E-state index in [1.54, 1.807) is 7.05 Å². The fraction of sp³-hybridized carbons (Fsp3) is 0.200. The zero-order valence-corrected chi connectivity index (χ0v) is 8.30. The van der Waals surface area contributed by atoms with Gasteiger partial charge in [0, 0.05) is 12.1 Å². The number of hydrogen-bond donors (Lipinski definition) is 1. The van der Waals surface area contributed by atoms with Crippen molar-refractivity contribution in [3.63, 3.8) is 0 Å². The van der Waals surface area contributed by atoms with Crippen LogP contribution in [0.4, 0.5) is 0 Å². The molecular weight excluding hydrogens is 194 g/mol. The van der Waals surface area contributed by atoms with Crippen molar-refractivity contribution in [3.8, 4) is 11.6 Å². The lowest BCUT2D eigenvalue weighted by molar-refractivity contribution is -0.677. The van der Waals surface area contributed by atoms with Crippen LogP contribution in [-0.2, 0) is 6.54 Å². The number of benzene rings is 1. The highest BCUT2D eigenvalue weighted by molar-refractivity contribution is 5.22. The molecule has 0 bridgehead atoms. The maximum Gasteiger partial charge on any atom is 0.253 e. The number of nitrogens with one attached hydrogen (secondary N) is 1. The second kappa shape index (κ2) is 4.10. The van der Waals surface area contributed by atoms with E-state index in [9.17, 15) is 5.11 Å². The van der Waals surface area contributed by atoms with Crippen molar-refractivity contribution in [3.05, 3.63) is 36.0 Å². The Morgan fingerprint density at radius 1 is 1.40 bits per heavy atom. The molecule has 0 saturated heterocycles. The molecule has 0 aliphatic heterocycles. The van der Waals surface area contributed by atoms with Crippen LogP contribution in [0.1, 0.15) is 5.69 Å². The minimum Gasteiger partial charge on any atom is -0.539 e. The molecule has 5 heteroatoms. The molecule has 1 aromatic carbocycles. The van der Waals surface area contributed by atoms with Crippen molar-refractivity contribution in [2.45, 2.75) is 6.54 Å². The van der Waals surface area contributed by atoms with E-state index in [4.69, 9.17) is 0 Å². The Balaban J connectivity index is 2.44. The number of para-hydroxylation sites is 1. The van der Waals surface area contributed by atoms with Crippen LogP contribution in [0.2, 0.25) is 0 Å². The number of rotatable bonds is 3. The van der Waals surface area contributed by atoms with Crippen molar-refractivity contribution in [1.29, 1.82) is 0 Å². The molecule has 2 rings (SSSR count). The first-order valence-electron chi connectivity index (χ1n) is 4.61. The zero-order chi connectivity index (χ0) is 10.7. The van der Waals surface area contributed by atoms with Gasteiger partial charge in [-0.15, -0.1) is 0 Å². The first-order chi connectivity index (χ1) is 7.33. The van der Waals surface area contributed by atoms with Crippen LogP contribution in [0.15, 0.2) is 34.9 Å². The molecule has 0 aliphatic carbocycles. The van der Waals surface area contributed by atoms with E-state index in [1.165, 1.54) is 4.68 Å². The summed E-state index contributed by atoms with van der Waals surface area (Å²) >= 11 is 0. The third-order valence-corrected chi connectivity index (χ3v) is 2.04. The molecule has 0 amide bonds. The van der Waals surface area contributed by atoms with Gasteiger partial charge in [-0.05, 0) is 11.7 Å². The minimum atomic E-state index is -0.409. The summed E-state index contributed by atoms with van der Waals surface area (Å²) in [5.41, 5.74) is 1.30. The molecule has 0 atom stereocenters. The van der Waals surface area contributed by atoms with E-state index < -0.39 is 5.95 Å². The molecular formula is C10H11N3O2. The summed E-state index contributed by atoms with van der Waals surface area (Å²) in [7, 11) is 1.77. The summed E-state index contributed by atoms with van der Waals surface area (Å²) in [5.74, 6) is -0.409. The predicted molar refractivity (Wildman–Crippen MR) is 50.2 cm³/mol. The van der Waals surface area contributed by atoms with E-state index in [1.807, 2.05) is 30.3 Å². The van der Waals surface area contributed by atoms with Crippen molar-refractivity contribution in [1.82, 2.24) is 10.6 Å². The normalized spacial score (nSPS) is 10.5. The summed E-state index contributed by atoms with van der Waals surface area (Å²) < 4.78 is 6.12. The van der Waals surface area contributed by atoms with Gasteiger partial charge in [-0.3, -0.25) is 0 Å². The van der Waals surface area contributed by atoms with Crippen molar-refractivity contribution < 1.29 is 14.3 Å². The monoisotopic (exact) mass is 205 g/mol. The Morgan fingerprint density at radius 2 is 2.13 bits per heavy atom. The van der Waals surface area contributed by atoms with Gasteiger partial charge in [0.05, 0.1) is 11.8 Å². The smallest absolute Gasteiger partial charge is 0.253 e. The second-order valence-electron chi connectivity index (χ2n) is 3.08. The lowest BCUT2D eigenvalue weighted by atomic mass is 10.3. The molecule has 0 unspecified atom stereocenters. The van der Waals surface area contributed by atoms with Crippen LogP contribution in [-0.4, -0.2) is 12.3 Å². The first-order valence-corrected chi connectivity index (χ1v) is 4.61. The van der Waals surface area contributed by atoms with Crippen LogP contribution in [0.5, 0.6) is 5.95 Å². The Labute approximate surface area is 86.9 Å². The quantitative estimate of drug-likeness (QED) is 0.701. The number of hydrogen-bond acceptors (Lipinski definition) is 4. The Morgan fingerprint density at radius 3 is 2.80 bits per heavy atom. The highest BCUT2D eigenvalue weighted by Gasteiger charge is 2.18. The highest BCUT2D eigenvalue weighted by Crippen LogP contribution is 2.09. The maximum atomic E-state index is 11.3. The van der Waals surface area contributed by atoms with Crippen molar-refractivity contribution >= 4 is 0 Å². The van der Waals surface area contributed by atoms with Crippen molar-refractivity contribution in [2.24, 2.45) is 0 Å². The lowest BCUT2D eigenvalue weighted by Gasteiger charge is -1.95. The summed E-state index contributed by atoms with van der Waals surface area (Å²) in [6, 6.07) is 9.39. The molecule has 0 radical (unpaired) electrons. The van der Waals surface area contributed by atoms with Gasteiger partial charge in [-0.2, -0.15) is 0 Å². The Hall–Kier alpha value is -1.88. The van der Waals surface area contributed by atoms with Gasteiger partial charge in [0.1, 0.15) is 0 Å². The van der Waals surface area contributed by atoms with Gasteiger partial charge in [0.25, 0.3) is 5.69 Å². The molecule has 0 aliphatic rings. The van der Waals surface area contributed by atoms with E-state index in [-0.39, 0.29) is 0 Å². The van der Waals surface area contributed by atoms with Gasteiger partial charge in [-0.1, -0.05) is 18.2 Å². The Bertz CT molecular complexity index is 439. The Kier molecular flexibility index (Phi) is 2.64. The van der Waals surface area contributed by atoms with Crippen molar-refractivity contribution in [2.75, 3.05) is 7.05 Å². The van der Waals surface area contributed by atoms with Gasteiger partial charge in [0.2, 0.25) is 5.69 Å². The zero-order valence-electron chi connectivity index (χ0n) is 8.30. The standard InChI is InChI=1S/C10H11N3O2/c1-11-7-9-10(14)15-12-13(9)8-5-3-2-4-6-8/h2-6,11H,7H2,1H3. The SMILES string of the molecule is CNCc1c([O-])on[n+]1-c1ccccc1. The highest BCUT2D eigenvalue weighted by atomic mass is 16.6. The topological polar surface area (TPSA) is 65.0 Å². The van der Waals surface area contributed by atoms with E-state index >= 15 is 0 Å². The van der Waals surface area contributed by atoms with Gasteiger partial charge in [0.15, 0.2) is 5.95 Å². The maximum absolute atomic E-state index is 11.3. The summed E-state index contributed by atoms with van der Waals surface area (Å²) in [5, 5.41) is 17.9. The first kappa shape index (κ1) is 9.67. The van der Waals surface area contributed by atoms with E-state index in [0.29, 0.717) is 12.2 Å².